The normalized spacial score (nSPS) is 14.3. The second kappa shape index (κ2) is 13.0. The van der Waals surface area contributed by atoms with Crippen LogP contribution < -0.4 is 21.7 Å². The van der Waals surface area contributed by atoms with Crippen LogP contribution in [-0.2, 0) is 30.4 Å². The van der Waals surface area contributed by atoms with Gasteiger partial charge in [-0.25, -0.2) is 4.79 Å². The van der Waals surface area contributed by atoms with Crippen LogP contribution in [0.25, 0.3) is 0 Å². The summed E-state index contributed by atoms with van der Waals surface area (Å²) in [5.41, 5.74) is 5.97. The third-order valence-corrected chi connectivity index (χ3v) is 4.50. The number of carbonyl (C=O) groups is 5. The highest BCUT2D eigenvalue weighted by molar-refractivity contribution is 5.94. The quantitative estimate of drug-likeness (QED) is 0.154. The number of carbonyl (C=O) groups excluding carboxylic acids is 3. The third-order valence-electron chi connectivity index (χ3n) is 4.50. The monoisotopic (exact) mass is 468 g/mol. The summed E-state index contributed by atoms with van der Waals surface area (Å²) >= 11 is 0. The molecule has 0 radical (unpaired) electrons. The molecule has 0 aliphatic heterocycles. The molecule has 13 nitrogen and oxygen atoms in total. The van der Waals surface area contributed by atoms with Gasteiger partial charge in [-0.2, -0.15) is 0 Å². The first-order valence-electron chi connectivity index (χ1n) is 9.94. The summed E-state index contributed by atoms with van der Waals surface area (Å²) in [5, 5.41) is 43.4. The zero-order valence-corrected chi connectivity index (χ0v) is 17.9. The molecule has 1 aromatic rings. The predicted octanol–water partition coefficient (Wildman–Crippen LogP) is -2.32. The van der Waals surface area contributed by atoms with Crippen molar-refractivity contribution in [1.82, 2.24) is 16.0 Å². The van der Waals surface area contributed by atoms with E-state index < -0.39 is 66.9 Å². The number of aliphatic carboxylic acids is 2. The Morgan fingerprint density at radius 1 is 0.879 bits per heavy atom. The van der Waals surface area contributed by atoms with Gasteiger partial charge < -0.3 is 42.1 Å². The molecule has 0 aliphatic rings. The Balaban J connectivity index is 3.11. The number of rotatable bonds is 13. The van der Waals surface area contributed by atoms with Crippen molar-refractivity contribution in [3.8, 4) is 5.75 Å². The first kappa shape index (κ1) is 27.3. The molecule has 33 heavy (non-hydrogen) atoms. The molecule has 4 atom stereocenters. The minimum Gasteiger partial charge on any atom is -0.508 e. The Hall–Kier alpha value is -3.71. The molecule has 1 rings (SSSR count). The molecule has 1 aromatic carbocycles. The van der Waals surface area contributed by atoms with E-state index in [1.807, 2.05) is 0 Å². The fourth-order valence-corrected chi connectivity index (χ4v) is 2.65. The minimum atomic E-state index is -1.63. The fourth-order valence-electron chi connectivity index (χ4n) is 2.65. The van der Waals surface area contributed by atoms with E-state index in [-0.39, 0.29) is 18.6 Å². The van der Waals surface area contributed by atoms with Crippen LogP contribution in [0.3, 0.4) is 0 Å². The van der Waals surface area contributed by atoms with Crippen LogP contribution in [0.2, 0.25) is 0 Å². The molecule has 9 N–H and O–H groups in total. The summed E-state index contributed by atoms with van der Waals surface area (Å²) in [6, 6.07) is 0.346. The van der Waals surface area contributed by atoms with Crippen LogP contribution in [0.4, 0.5) is 0 Å². The maximum Gasteiger partial charge on any atom is 0.328 e. The predicted molar refractivity (Wildman–Crippen MR) is 113 cm³/mol. The Labute approximate surface area is 189 Å². The van der Waals surface area contributed by atoms with E-state index in [1.165, 1.54) is 31.2 Å². The number of phenolic OH excluding ortho intramolecular Hbond substituents is 1. The van der Waals surface area contributed by atoms with E-state index in [0.717, 1.165) is 0 Å². The largest absolute Gasteiger partial charge is 0.508 e. The van der Waals surface area contributed by atoms with Crippen molar-refractivity contribution in [2.24, 2.45) is 5.73 Å². The number of carboxylic acid groups (broad SMARTS) is 2. The van der Waals surface area contributed by atoms with Crippen LogP contribution in [0.15, 0.2) is 24.3 Å². The number of aliphatic hydroxyl groups is 1. The third kappa shape index (κ3) is 9.53. The lowest BCUT2D eigenvalue weighted by Gasteiger charge is -2.24. The summed E-state index contributed by atoms with van der Waals surface area (Å²) in [4.78, 5) is 59.5. The molecule has 0 bridgehead atoms. The molecule has 0 spiro atoms. The highest BCUT2D eigenvalue weighted by atomic mass is 16.4. The van der Waals surface area contributed by atoms with Crippen LogP contribution in [0.1, 0.15) is 25.3 Å². The van der Waals surface area contributed by atoms with E-state index in [1.54, 1.807) is 0 Å². The average Bonchev–Trinajstić information content (AvgIpc) is 2.74. The molecule has 4 unspecified atom stereocenters. The molecule has 182 valence electrons. The van der Waals surface area contributed by atoms with Gasteiger partial charge in [0.15, 0.2) is 0 Å². The number of aliphatic hydroxyl groups excluding tert-OH is 1. The summed E-state index contributed by atoms with van der Waals surface area (Å²) in [5.74, 6) is -5.29. The molecule has 0 heterocycles. The number of phenols is 1. The van der Waals surface area contributed by atoms with Gasteiger partial charge in [-0.1, -0.05) is 12.1 Å². The number of amides is 3. The standard InChI is InChI=1S/C20H28N4O9/c1-10(21)17(29)22-13(6-7-16(27)28)18(30)23-14(8-11-2-4-12(26)5-3-11)19(31)24-15(9-25)20(32)33/h2-5,10,13-15,25-26H,6-9,21H2,1H3,(H,22,29)(H,23,30)(H,24,31)(H,27,28)(H,32,33). The number of nitrogens with two attached hydrogens (primary N) is 1. The second-order valence-electron chi connectivity index (χ2n) is 7.30. The molecule has 0 saturated heterocycles. The molecule has 3 amide bonds. The van der Waals surface area contributed by atoms with Crippen molar-refractivity contribution in [3.05, 3.63) is 29.8 Å². The first-order valence-corrected chi connectivity index (χ1v) is 9.94. The van der Waals surface area contributed by atoms with Crippen molar-refractivity contribution in [3.63, 3.8) is 0 Å². The molecular weight excluding hydrogens is 440 g/mol. The summed E-state index contributed by atoms with van der Waals surface area (Å²) in [7, 11) is 0. The maximum absolute atomic E-state index is 12.8. The van der Waals surface area contributed by atoms with Crippen molar-refractivity contribution in [2.45, 2.75) is 50.4 Å². The molecule has 0 aliphatic carbocycles. The molecule has 0 saturated carbocycles. The van der Waals surface area contributed by atoms with Gasteiger partial charge in [0, 0.05) is 12.8 Å². The Morgan fingerprint density at radius 2 is 1.39 bits per heavy atom. The van der Waals surface area contributed by atoms with Crippen molar-refractivity contribution in [2.75, 3.05) is 6.61 Å². The highest BCUT2D eigenvalue weighted by Gasteiger charge is 2.30. The van der Waals surface area contributed by atoms with Crippen molar-refractivity contribution >= 4 is 29.7 Å². The zero-order valence-electron chi connectivity index (χ0n) is 17.9. The van der Waals surface area contributed by atoms with E-state index >= 15 is 0 Å². The van der Waals surface area contributed by atoms with Gasteiger partial charge in [0.2, 0.25) is 17.7 Å². The number of nitrogens with one attached hydrogen (secondary N) is 3. The SMILES string of the molecule is CC(N)C(=O)NC(CCC(=O)O)C(=O)NC(Cc1ccc(O)cc1)C(=O)NC(CO)C(=O)O. The molecular formula is C20H28N4O9. The number of hydrogen-bond donors (Lipinski definition) is 8. The molecule has 0 fully saturated rings. The Kier molecular flexibility index (Phi) is 10.7. The number of hydrogen-bond acceptors (Lipinski definition) is 8. The maximum atomic E-state index is 12.8. The van der Waals surface area contributed by atoms with Crippen molar-refractivity contribution < 1.29 is 44.4 Å². The summed E-state index contributed by atoms with van der Waals surface area (Å²) in [6.07, 6.45) is -0.887. The fraction of sp³-hybridized carbons (Fsp3) is 0.450. The summed E-state index contributed by atoms with van der Waals surface area (Å²) in [6.45, 7) is 0.468. The summed E-state index contributed by atoms with van der Waals surface area (Å²) < 4.78 is 0. The molecule has 13 heteroatoms. The lowest BCUT2D eigenvalue weighted by molar-refractivity contribution is -0.143. The zero-order chi connectivity index (χ0) is 25.1. The first-order chi connectivity index (χ1) is 15.4. The van der Waals surface area contributed by atoms with E-state index in [9.17, 15) is 29.1 Å². The molecule has 0 aromatic heterocycles. The van der Waals surface area contributed by atoms with E-state index in [4.69, 9.17) is 21.1 Å². The van der Waals surface area contributed by atoms with Gasteiger partial charge in [-0.3, -0.25) is 19.2 Å². The highest BCUT2D eigenvalue weighted by Crippen LogP contribution is 2.12. The Morgan fingerprint density at radius 3 is 1.88 bits per heavy atom. The lowest BCUT2D eigenvalue weighted by Crippen LogP contribution is -2.57. The van der Waals surface area contributed by atoms with E-state index in [2.05, 4.69) is 16.0 Å². The van der Waals surface area contributed by atoms with Crippen LogP contribution in [-0.4, -0.2) is 80.9 Å². The number of carboxylic acids is 2. The second-order valence-corrected chi connectivity index (χ2v) is 7.30. The Bertz CT molecular complexity index is 858. The smallest absolute Gasteiger partial charge is 0.328 e. The van der Waals surface area contributed by atoms with Crippen LogP contribution in [0.5, 0.6) is 5.75 Å². The van der Waals surface area contributed by atoms with Gasteiger partial charge in [0.05, 0.1) is 12.6 Å². The van der Waals surface area contributed by atoms with E-state index in [0.29, 0.717) is 5.56 Å². The number of aromatic hydroxyl groups is 1. The van der Waals surface area contributed by atoms with Crippen molar-refractivity contribution in [1.29, 1.82) is 0 Å². The van der Waals surface area contributed by atoms with Crippen LogP contribution in [0, 0.1) is 0 Å². The van der Waals surface area contributed by atoms with Gasteiger partial charge in [-0.15, -0.1) is 0 Å². The van der Waals surface area contributed by atoms with Crippen LogP contribution >= 0.6 is 0 Å². The van der Waals surface area contributed by atoms with Gasteiger partial charge in [-0.05, 0) is 31.0 Å². The lowest BCUT2D eigenvalue weighted by atomic mass is 10.0. The number of benzene rings is 1. The van der Waals surface area contributed by atoms with Gasteiger partial charge in [0.1, 0.15) is 23.9 Å². The van der Waals surface area contributed by atoms with Gasteiger partial charge in [0.25, 0.3) is 0 Å². The van der Waals surface area contributed by atoms with Gasteiger partial charge >= 0.3 is 11.9 Å². The minimum absolute atomic E-state index is 0.0395. The average molecular weight is 468 g/mol. The topological polar surface area (TPSA) is 228 Å².